The minimum Gasteiger partial charge on any atom is -0.469 e. The summed E-state index contributed by atoms with van der Waals surface area (Å²) in [6.07, 6.45) is 0.678. The Bertz CT molecular complexity index is 357. The molecule has 0 amide bonds. The summed E-state index contributed by atoms with van der Waals surface area (Å²) in [5.41, 5.74) is 0. The Morgan fingerprint density at radius 1 is 1.39 bits per heavy atom. The Labute approximate surface area is 113 Å². The van der Waals surface area contributed by atoms with Crippen molar-refractivity contribution in [3.8, 4) is 0 Å². The van der Waals surface area contributed by atoms with Gasteiger partial charge in [0.2, 0.25) is 0 Å². The van der Waals surface area contributed by atoms with E-state index in [1.165, 1.54) is 0 Å². The lowest BCUT2D eigenvalue weighted by Crippen LogP contribution is -2.31. The number of ether oxygens (including phenoxy) is 2. The van der Waals surface area contributed by atoms with E-state index < -0.39 is 9.84 Å². The summed E-state index contributed by atoms with van der Waals surface area (Å²) in [6.45, 7) is 1.47. The fraction of sp³-hybridized carbons (Fsp3) is 0.900. The summed E-state index contributed by atoms with van der Waals surface area (Å²) in [5.74, 6) is 0.603. The molecule has 0 aromatic rings. The first-order valence-corrected chi connectivity index (χ1v) is 8.06. The smallest absolute Gasteiger partial charge is 0.256 e. The fourth-order valence-corrected chi connectivity index (χ4v) is 3.70. The maximum atomic E-state index is 11.2. The van der Waals surface area contributed by atoms with Crippen LogP contribution in [0.3, 0.4) is 0 Å². The van der Waals surface area contributed by atoms with E-state index in [0.717, 1.165) is 0 Å². The number of hydrogen-bond donors (Lipinski definition) is 2. The number of aliphatic hydroxyl groups is 1. The van der Waals surface area contributed by atoms with Gasteiger partial charge in [0.15, 0.2) is 9.84 Å². The normalized spacial score (nSPS) is 21.7. The Morgan fingerprint density at radius 2 is 2.17 bits per heavy atom. The lowest BCUT2D eigenvalue weighted by Gasteiger charge is -2.12. The summed E-state index contributed by atoms with van der Waals surface area (Å²) in [6, 6.07) is 0. The Morgan fingerprint density at radius 3 is 2.78 bits per heavy atom. The second-order valence-electron chi connectivity index (χ2n) is 4.12. The highest BCUT2D eigenvalue weighted by Crippen LogP contribution is 2.17. The predicted molar refractivity (Wildman–Crippen MR) is 71.2 cm³/mol. The fourth-order valence-electron chi connectivity index (χ4n) is 1.67. The van der Waals surface area contributed by atoms with Gasteiger partial charge in [-0.25, -0.2) is 8.42 Å². The molecule has 1 heterocycles. The van der Waals surface area contributed by atoms with Crippen LogP contribution >= 0.6 is 12.2 Å². The predicted octanol–water partition coefficient (Wildman–Crippen LogP) is -0.679. The first-order chi connectivity index (χ1) is 8.53. The molecular formula is C10H19NO5S2. The van der Waals surface area contributed by atoms with Crippen molar-refractivity contribution in [2.45, 2.75) is 6.42 Å². The van der Waals surface area contributed by atoms with Crippen LogP contribution in [0, 0.1) is 5.92 Å². The van der Waals surface area contributed by atoms with Gasteiger partial charge >= 0.3 is 0 Å². The Balaban J connectivity index is 2.04. The van der Waals surface area contributed by atoms with Crippen molar-refractivity contribution in [3.05, 3.63) is 0 Å². The van der Waals surface area contributed by atoms with Crippen molar-refractivity contribution in [2.75, 3.05) is 44.5 Å². The van der Waals surface area contributed by atoms with Gasteiger partial charge < -0.3 is 19.9 Å². The first-order valence-electron chi connectivity index (χ1n) is 5.83. The topological polar surface area (TPSA) is 84.9 Å². The molecule has 2 N–H and O–H groups in total. The molecule has 0 aliphatic carbocycles. The molecule has 1 atom stereocenters. The van der Waals surface area contributed by atoms with Gasteiger partial charge in [-0.15, -0.1) is 0 Å². The first kappa shape index (κ1) is 15.6. The van der Waals surface area contributed by atoms with Crippen molar-refractivity contribution in [1.29, 1.82) is 0 Å². The number of rotatable bonds is 7. The number of sulfone groups is 1. The SMILES string of the molecule is O=S1(=O)CC[C@@H](CNC(=S)OCCOCCO)C1. The standard InChI is InChI=1S/C10H19NO5S2/c12-2-3-15-4-5-16-10(17)11-7-9-1-6-18(13,14)8-9/h9,12H,1-8H2,(H,11,17)/t9-/m0/s1. The van der Waals surface area contributed by atoms with Gasteiger partial charge in [0.05, 0.1) is 31.3 Å². The molecule has 1 saturated heterocycles. The van der Waals surface area contributed by atoms with Gasteiger partial charge in [-0.3, -0.25) is 0 Å². The van der Waals surface area contributed by atoms with E-state index in [1.54, 1.807) is 0 Å². The second-order valence-corrected chi connectivity index (χ2v) is 6.72. The number of aliphatic hydroxyl groups excluding tert-OH is 1. The van der Waals surface area contributed by atoms with Gasteiger partial charge in [-0.1, -0.05) is 0 Å². The van der Waals surface area contributed by atoms with Gasteiger partial charge in [0.1, 0.15) is 6.61 Å². The minimum absolute atomic E-state index is 0.0150. The van der Waals surface area contributed by atoms with E-state index in [9.17, 15) is 8.42 Å². The molecule has 0 bridgehead atoms. The van der Waals surface area contributed by atoms with Crippen LogP contribution in [0.2, 0.25) is 0 Å². The molecule has 18 heavy (non-hydrogen) atoms. The Hall–Kier alpha value is -0.440. The highest BCUT2D eigenvalue weighted by Gasteiger charge is 2.27. The van der Waals surface area contributed by atoms with Crippen molar-refractivity contribution in [3.63, 3.8) is 0 Å². The summed E-state index contributed by atoms with van der Waals surface area (Å²) < 4.78 is 32.6. The summed E-state index contributed by atoms with van der Waals surface area (Å²) in [5, 5.41) is 11.6. The summed E-state index contributed by atoms with van der Waals surface area (Å²) >= 11 is 4.94. The molecule has 1 aliphatic heterocycles. The molecule has 1 fully saturated rings. The zero-order valence-electron chi connectivity index (χ0n) is 10.1. The molecule has 106 valence electrons. The van der Waals surface area contributed by atoms with Crippen LogP contribution in [0.5, 0.6) is 0 Å². The third kappa shape index (κ3) is 6.48. The maximum Gasteiger partial charge on any atom is 0.256 e. The molecule has 8 heteroatoms. The summed E-state index contributed by atoms with van der Waals surface area (Å²) in [4.78, 5) is 0. The van der Waals surface area contributed by atoms with Gasteiger partial charge in [0, 0.05) is 6.54 Å². The third-order valence-electron chi connectivity index (χ3n) is 2.56. The molecular weight excluding hydrogens is 278 g/mol. The average molecular weight is 297 g/mol. The molecule has 0 radical (unpaired) electrons. The second kappa shape index (κ2) is 7.88. The van der Waals surface area contributed by atoms with Crippen LogP contribution in [0.1, 0.15) is 6.42 Å². The monoisotopic (exact) mass is 297 g/mol. The van der Waals surface area contributed by atoms with Gasteiger partial charge in [-0.05, 0) is 24.6 Å². The molecule has 0 aromatic heterocycles. The van der Waals surface area contributed by atoms with E-state index >= 15 is 0 Å². The van der Waals surface area contributed by atoms with Crippen LogP contribution in [0.4, 0.5) is 0 Å². The minimum atomic E-state index is -2.84. The van der Waals surface area contributed by atoms with Crippen LogP contribution in [-0.2, 0) is 19.3 Å². The molecule has 0 aromatic carbocycles. The van der Waals surface area contributed by atoms with E-state index in [1.807, 2.05) is 0 Å². The number of nitrogens with one attached hydrogen (secondary N) is 1. The molecule has 1 aliphatic rings. The van der Waals surface area contributed by atoms with E-state index in [2.05, 4.69) is 5.32 Å². The quantitative estimate of drug-likeness (QED) is 0.476. The van der Waals surface area contributed by atoms with Crippen molar-refractivity contribution in [2.24, 2.45) is 5.92 Å². The van der Waals surface area contributed by atoms with E-state index in [4.69, 9.17) is 26.8 Å². The van der Waals surface area contributed by atoms with Crippen molar-refractivity contribution < 1.29 is 23.0 Å². The molecule has 0 spiro atoms. The van der Waals surface area contributed by atoms with E-state index in [-0.39, 0.29) is 35.8 Å². The molecule has 0 unspecified atom stereocenters. The highest BCUT2D eigenvalue weighted by atomic mass is 32.2. The highest BCUT2D eigenvalue weighted by molar-refractivity contribution is 7.91. The van der Waals surface area contributed by atoms with Crippen LogP contribution < -0.4 is 5.32 Å². The zero-order valence-corrected chi connectivity index (χ0v) is 11.8. The van der Waals surface area contributed by atoms with Gasteiger partial charge in [-0.2, -0.15) is 0 Å². The van der Waals surface area contributed by atoms with Crippen molar-refractivity contribution in [1.82, 2.24) is 5.32 Å². The maximum absolute atomic E-state index is 11.2. The number of hydrogen-bond acceptors (Lipinski definition) is 6. The number of thiocarbonyl (C=S) groups is 1. The lowest BCUT2D eigenvalue weighted by molar-refractivity contribution is 0.0676. The van der Waals surface area contributed by atoms with Gasteiger partial charge in [0.25, 0.3) is 5.17 Å². The van der Waals surface area contributed by atoms with Crippen LogP contribution in [0.15, 0.2) is 0 Å². The Kier molecular flexibility index (Phi) is 6.83. The van der Waals surface area contributed by atoms with E-state index in [0.29, 0.717) is 26.2 Å². The lowest BCUT2D eigenvalue weighted by atomic mass is 10.1. The molecule has 1 rings (SSSR count). The average Bonchev–Trinajstić information content (AvgIpc) is 2.66. The third-order valence-corrected chi connectivity index (χ3v) is 4.66. The van der Waals surface area contributed by atoms with Crippen molar-refractivity contribution >= 4 is 27.2 Å². The summed E-state index contributed by atoms with van der Waals surface area (Å²) in [7, 11) is -2.84. The zero-order chi connectivity index (χ0) is 13.4. The van der Waals surface area contributed by atoms with Crippen LogP contribution in [0.25, 0.3) is 0 Å². The molecule has 6 nitrogen and oxygen atoms in total. The van der Waals surface area contributed by atoms with Crippen LogP contribution in [-0.4, -0.2) is 63.2 Å². The largest absolute Gasteiger partial charge is 0.469 e. The molecule has 0 saturated carbocycles.